The molecule has 2 atom stereocenters. The van der Waals surface area contributed by atoms with E-state index in [0.717, 1.165) is 18.6 Å². The molecule has 0 bridgehead atoms. The molecule has 2 aliphatic rings. The molecule has 1 amide bonds. The number of methoxy groups -OCH3 is 1. The topological polar surface area (TPSA) is 55.8 Å². The van der Waals surface area contributed by atoms with Gasteiger partial charge in [0.15, 0.2) is 0 Å². The van der Waals surface area contributed by atoms with Crippen molar-refractivity contribution in [2.45, 2.75) is 37.0 Å². The van der Waals surface area contributed by atoms with Gasteiger partial charge in [-0.1, -0.05) is 0 Å². The Bertz CT molecular complexity index is 355. The Labute approximate surface area is 118 Å². The number of ether oxygens (including phenoxy) is 2. The summed E-state index contributed by atoms with van der Waals surface area (Å²) in [6.07, 6.45) is 2.02. The normalized spacial score (nSPS) is 31.3. The highest BCUT2D eigenvalue weighted by atomic mass is 32.2. The number of carbonyl (C=O) groups excluding carboxylic acids is 2. The summed E-state index contributed by atoms with van der Waals surface area (Å²) in [5.74, 6) is 0.951. The molecule has 2 aliphatic heterocycles. The number of nitrogens with zero attached hydrogens (tertiary/aromatic N) is 1. The van der Waals surface area contributed by atoms with Gasteiger partial charge in [0.25, 0.3) is 0 Å². The zero-order chi connectivity index (χ0) is 13.9. The second kappa shape index (κ2) is 6.13. The van der Waals surface area contributed by atoms with E-state index in [-0.39, 0.29) is 29.1 Å². The van der Waals surface area contributed by atoms with Crippen LogP contribution in [0.1, 0.15) is 26.2 Å². The van der Waals surface area contributed by atoms with Gasteiger partial charge in [-0.05, 0) is 25.5 Å². The lowest BCUT2D eigenvalue weighted by Gasteiger charge is -2.37. The van der Waals surface area contributed by atoms with Gasteiger partial charge in [0.1, 0.15) is 0 Å². The lowest BCUT2D eigenvalue weighted by Crippen LogP contribution is -2.52. The minimum absolute atomic E-state index is 0.188. The predicted molar refractivity (Wildman–Crippen MR) is 73.1 cm³/mol. The van der Waals surface area contributed by atoms with Gasteiger partial charge in [-0.25, -0.2) is 0 Å². The van der Waals surface area contributed by atoms with Crippen molar-refractivity contribution in [3.8, 4) is 0 Å². The monoisotopic (exact) mass is 287 g/mol. The largest absolute Gasteiger partial charge is 0.469 e. The lowest BCUT2D eigenvalue weighted by molar-refractivity contribution is -0.150. The van der Waals surface area contributed by atoms with Crippen molar-refractivity contribution >= 4 is 23.6 Å². The lowest BCUT2D eigenvalue weighted by atomic mass is 10.0. The maximum atomic E-state index is 12.6. The third kappa shape index (κ3) is 3.42. The molecule has 0 spiro atoms. The van der Waals surface area contributed by atoms with Crippen molar-refractivity contribution in [3.05, 3.63) is 0 Å². The molecule has 0 aromatic heterocycles. The molecule has 19 heavy (non-hydrogen) atoms. The Morgan fingerprint density at radius 3 is 2.95 bits per heavy atom. The Morgan fingerprint density at radius 1 is 1.53 bits per heavy atom. The van der Waals surface area contributed by atoms with E-state index in [4.69, 9.17) is 4.74 Å². The van der Waals surface area contributed by atoms with Crippen LogP contribution in [0.25, 0.3) is 0 Å². The number of esters is 1. The van der Waals surface area contributed by atoms with Crippen LogP contribution in [0.4, 0.5) is 0 Å². The van der Waals surface area contributed by atoms with Gasteiger partial charge >= 0.3 is 5.97 Å². The molecule has 0 aromatic rings. The van der Waals surface area contributed by atoms with Gasteiger partial charge in [0, 0.05) is 13.1 Å². The van der Waals surface area contributed by atoms with Crippen molar-refractivity contribution in [1.29, 1.82) is 0 Å². The first-order chi connectivity index (χ1) is 9.05. The fourth-order valence-corrected chi connectivity index (χ4v) is 3.86. The highest BCUT2D eigenvalue weighted by molar-refractivity contribution is 8.01. The van der Waals surface area contributed by atoms with Crippen LogP contribution in [0.15, 0.2) is 0 Å². The summed E-state index contributed by atoms with van der Waals surface area (Å²) in [6.45, 7) is 3.63. The third-order valence-corrected chi connectivity index (χ3v) is 5.23. The zero-order valence-corrected chi connectivity index (χ0v) is 12.3. The summed E-state index contributed by atoms with van der Waals surface area (Å²) in [4.78, 5) is 25.7. The van der Waals surface area contributed by atoms with Gasteiger partial charge in [-0.2, -0.15) is 0 Å². The molecule has 2 unspecified atom stereocenters. The van der Waals surface area contributed by atoms with Gasteiger partial charge < -0.3 is 14.4 Å². The van der Waals surface area contributed by atoms with Gasteiger partial charge in [0.05, 0.1) is 31.0 Å². The molecule has 2 saturated heterocycles. The molecule has 0 aliphatic carbocycles. The summed E-state index contributed by atoms with van der Waals surface area (Å²) in [5.41, 5.74) is 0. The molecular formula is C13H21NO4S. The van der Waals surface area contributed by atoms with Crippen molar-refractivity contribution in [2.75, 3.05) is 32.6 Å². The molecule has 108 valence electrons. The SMILES string of the molecule is COC(=O)CC1CN(C(=O)C2(C)CCCS2)CCO1. The van der Waals surface area contributed by atoms with E-state index < -0.39 is 0 Å². The maximum absolute atomic E-state index is 12.6. The molecule has 2 fully saturated rings. The van der Waals surface area contributed by atoms with E-state index >= 15 is 0 Å². The quantitative estimate of drug-likeness (QED) is 0.727. The molecule has 0 aromatic carbocycles. The summed E-state index contributed by atoms with van der Waals surface area (Å²) in [7, 11) is 1.37. The summed E-state index contributed by atoms with van der Waals surface area (Å²) >= 11 is 1.74. The number of rotatable bonds is 3. The molecular weight excluding hydrogens is 266 g/mol. The zero-order valence-electron chi connectivity index (χ0n) is 11.5. The summed E-state index contributed by atoms with van der Waals surface area (Å²) in [5, 5.41) is 0. The van der Waals surface area contributed by atoms with Crippen molar-refractivity contribution in [3.63, 3.8) is 0 Å². The first-order valence-corrected chi connectivity index (χ1v) is 7.65. The second-order valence-corrected chi connectivity index (χ2v) is 6.81. The van der Waals surface area contributed by atoms with Gasteiger partial charge in [-0.15, -0.1) is 11.8 Å². The van der Waals surface area contributed by atoms with E-state index in [1.807, 2.05) is 11.8 Å². The van der Waals surface area contributed by atoms with Crippen LogP contribution in [-0.2, 0) is 19.1 Å². The van der Waals surface area contributed by atoms with Crippen LogP contribution in [0, 0.1) is 0 Å². The van der Waals surface area contributed by atoms with Crippen LogP contribution < -0.4 is 0 Å². The fourth-order valence-electron chi connectivity index (χ4n) is 2.58. The smallest absolute Gasteiger partial charge is 0.308 e. The number of hydrogen-bond acceptors (Lipinski definition) is 5. The van der Waals surface area contributed by atoms with Crippen molar-refractivity contribution < 1.29 is 19.1 Å². The summed E-state index contributed by atoms with van der Waals surface area (Å²) in [6, 6.07) is 0. The molecule has 6 heteroatoms. The minimum Gasteiger partial charge on any atom is -0.469 e. The van der Waals surface area contributed by atoms with E-state index in [2.05, 4.69) is 4.74 Å². The van der Waals surface area contributed by atoms with Crippen LogP contribution in [0.5, 0.6) is 0 Å². The van der Waals surface area contributed by atoms with Crippen LogP contribution >= 0.6 is 11.8 Å². The van der Waals surface area contributed by atoms with Gasteiger partial charge in [-0.3, -0.25) is 9.59 Å². The molecule has 0 radical (unpaired) electrons. The Balaban J connectivity index is 1.93. The Kier molecular flexibility index (Phi) is 4.73. The third-order valence-electron chi connectivity index (χ3n) is 3.72. The Morgan fingerprint density at radius 2 is 2.32 bits per heavy atom. The average Bonchev–Trinajstić information content (AvgIpc) is 2.86. The van der Waals surface area contributed by atoms with Crippen LogP contribution in [0.2, 0.25) is 0 Å². The van der Waals surface area contributed by atoms with E-state index in [9.17, 15) is 9.59 Å². The van der Waals surface area contributed by atoms with Crippen LogP contribution in [0.3, 0.4) is 0 Å². The number of amides is 1. The fraction of sp³-hybridized carbons (Fsp3) is 0.846. The first-order valence-electron chi connectivity index (χ1n) is 6.67. The van der Waals surface area contributed by atoms with E-state index in [0.29, 0.717) is 19.7 Å². The molecule has 5 nitrogen and oxygen atoms in total. The average molecular weight is 287 g/mol. The number of carbonyl (C=O) groups is 2. The Hall–Kier alpha value is -0.750. The van der Waals surface area contributed by atoms with Crippen molar-refractivity contribution in [2.24, 2.45) is 0 Å². The van der Waals surface area contributed by atoms with Crippen molar-refractivity contribution in [1.82, 2.24) is 4.90 Å². The summed E-state index contributed by atoms with van der Waals surface area (Å²) < 4.78 is 9.88. The highest BCUT2D eigenvalue weighted by Gasteiger charge is 2.41. The standard InChI is InChI=1S/C13H21NO4S/c1-13(4-3-7-19-13)12(16)14-5-6-18-10(9-14)8-11(15)17-2/h10H,3-9H2,1-2H3. The van der Waals surface area contributed by atoms with Gasteiger partial charge in [0.2, 0.25) is 5.91 Å². The maximum Gasteiger partial charge on any atom is 0.308 e. The minimum atomic E-state index is -0.291. The second-order valence-electron chi connectivity index (χ2n) is 5.21. The highest BCUT2D eigenvalue weighted by Crippen LogP contribution is 2.39. The van der Waals surface area contributed by atoms with E-state index in [1.54, 1.807) is 11.8 Å². The number of thioether (sulfide) groups is 1. The van der Waals surface area contributed by atoms with E-state index in [1.165, 1.54) is 7.11 Å². The van der Waals surface area contributed by atoms with Crippen LogP contribution in [-0.4, -0.2) is 60.2 Å². The molecule has 0 N–H and O–H groups in total. The predicted octanol–water partition coefficient (Wildman–Crippen LogP) is 1.06. The molecule has 0 saturated carbocycles. The first kappa shape index (κ1) is 14.7. The number of morpholine rings is 1. The molecule has 2 heterocycles. The number of hydrogen-bond donors (Lipinski definition) is 0. The molecule has 2 rings (SSSR count).